The second-order valence-electron chi connectivity index (χ2n) is 7.76. The molecule has 0 aromatic heterocycles. The van der Waals surface area contributed by atoms with Crippen LogP contribution in [0.25, 0.3) is 0 Å². The topological polar surface area (TPSA) is 70.2 Å². The quantitative estimate of drug-likeness (QED) is 0.566. The van der Waals surface area contributed by atoms with Crippen LogP contribution >= 0.6 is 0 Å². The van der Waals surface area contributed by atoms with Crippen LogP contribution in [0.2, 0.25) is 0 Å². The number of likely N-dealkylation sites (tertiary alicyclic amines) is 3. The maximum Gasteiger partial charge on any atom is 0.414 e. The first-order valence-electron chi connectivity index (χ1n) is 9.57. The van der Waals surface area contributed by atoms with Crippen LogP contribution in [0.5, 0.6) is 0 Å². The maximum atomic E-state index is 12.8. The normalized spacial score (nSPS) is 28.1. The van der Waals surface area contributed by atoms with Crippen LogP contribution in [-0.4, -0.2) is 71.4 Å². The van der Waals surface area contributed by atoms with E-state index in [1.807, 2.05) is 6.92 Å². The van der Waals surface area contributed by atoms with Crippen LogP contribution in [0.3, 0.4) is 0 Å². The Labute approximate surface area is 154 Å². The van der Waals surface area contributed by atoms with Crippen molar-refractivity contribution in [1.82, 2.24) is 14.7 Å². The number of nitrogens with zero attached hydrogens (tertiary/aromatic N) is 3. The molecule has 0 aromatic rings. The fraction of sp³-hybridized carbons (Fsp3) is 0.737. The molecule has 3 amide bonds. The zero-order chi connectivity index (χ0) is 18.9. The molecule has 1 atom stereocenters. The van der Waals surface area contributed by atoms with Crippen LogP contribution in [0.15, 0.2) is 12.3 Å². The number of carbonyl (C=O) groups is 3. The van der Waals surface area contributed by atoms with Crippen molar-refractivity contribution in [2.24, 2.45) is 5.41 Å². The molecule has 3 heterocycles. The Bertz CT molecular complexity index is 612. The smallest absolute Gasteiger partial charge is 0.414 e. The van der Waals surface area contributed by atoms with E-state index in [0.717, 1.165) is 32.2 Å². The standard InChI is InChI=1S/C19H29N3O4/c1-4-22-16(23)12-19(17(22)24)8-5-9-21(13-19)15-6-10-20(11-7-15)18(25)26-14(2)3/h15H,2,4-13H2,1,3H3. The third-order valence-corrected chi connectivity index (χ3v) is 5.91. The van der Waals surface area contributed by atoms with Crippen LogP contribution in [0.1, 0.15) is 46.0 Å². The van der Waals surface area contributed by atoms with Gasteiger partial charge < -0.3 is 9.64 Å². The number of hydrogen-bond donors (Lipinski definition) is 0. The van der Waals surface area contributed by atoms with Crippen molar-refractivity contribution >= 4 is 17.9 Å². The van der Waals surface area contributed by atoms with Crippen molar-refractivity contribution in [2.45, 2.75) is 52.0 Å². The average molecular weight is 363 g/mol. The summed E-state index contributed by atoms with van der Waals surface area (Å²) in [5, 5.41) is 0. The molecule has 1 spiro atoms. The first kappa shape index (κ1) is 18.9. The molecule has 0 N–H and O–H groups in total. The number of hydrogen-bond acceptors (Lipinski definition) is 5. The van der Waals surface area contributed by atoms with E-state index in [4.69, 9.17) is 4.74 Å². The molecule has 3 fully saturated rings. The minimum absolute atomic E-state index is 0.0113. The molecule has 1 unspecified atom stereocenters. The van der Waals surface area contributed by atoms with E-state index in [9.17, 15) is 14.4 Å². The number of carbonyl (C=O) groups excluding carboxylic acids is 3. The van der Waals surface area contributed by atoms with Gasteiger partial charge in [-0.25, -0.2) is 4.79 Å². The highest BCUT2D eigenvalue weighted by atomic mass is 16.6. The maximum absolute atomic E-state index is 12.8. The Morgan fingerprint density at radius 3 is 2.54 bits per heavy atom. The second-order valence-corrected chi connectivity index (χ2v) is 7.76. The Hall–Kier alpha value is -1.89. The molecule has 0 radical (unpaired) electrons. The number of rotatable bonds is 3. The van der Waals surface area contributed by atoms with E-state index in [2.05, 4.69) is 11.5 Å². The van der Waals surface area contributed by atoms with Crippen molar-refractivity contribution < 1.29 is 19.1 Å². The largest absolute Gasteiger partial charge is 0.416 e. The lowest BCUT2D eigenvalue weighted by atomic mass is 9.77. The van der Waals surface area contributed by atoms with E-state index in [1.165, 1.54) is 4.90 Å². The zero-order valence-electron chi connectivity index (χ0n) is 15.8. The van der Waals surface area contributed by atoms with Crippen LogP contribution in [0, 0.1) is 5.41 Å². The minimum atomic E-state index is -0.526. The van der Waals surface area contributed by atoms with Gasteiger partial charge in [0.2, 0.25) is 11.8 Å². The predicted octanol–water partition coefficient (Wildman–Crippen LogP) is 1.98. The molecule has 0 bridgehead atoms. The van der Waals surface area contributed by atoms with Gasteiger partial charge in [0.25, 0.3) is 0 Å². The van der Waals surface area contributed by atoms with Crippen molar-refractivity contribution in [3.63, 3.8) is 0 Å². The average Bonchev–Trinajstić information content (AvgIpc) is 2.83. The van der Waals surface area contributed by atoms with Crippen molar-refractivity contribution in [2.75, 3.05) is 32.7 Å². The third kappa shape index (κ3) is 3.49. The van der Waals surface area contributed by atoms with Gasteiger partial charge in [-0.2, -0.15) is 0 Å². The third-order valence-electron chi connectivity index (χ3n) is 5.91. The van der Waals surface area contributed by atoms with Crippen molar-refractivity contribution in [3.8, 4) is 0 Å². The highest BCUT2D eigenvalue weighted by Crippen LogP contribution is 2.41. The summed E-state index contributed by atoms with van der Waals surface area (Å²) in [7, 11) is 0. The molecule has 7 nitrogen and oxygen atoms in total. The Kier molecular flexibility index (Phi) is 5.37. The van der Waals surface area contributed by atoms with Gasteiger partial charge in [0.05, 0.1) is 11.2 Å². The Morgan fingerprint density at radius 1 is 1.27 bits per heavy atom. The first-order valence-corrected chi connectivity index (χ1v) is 9.57. The van der Waals surface area contributed by atoms with Gasteiger partial charge in [-0.15, -0.1) is 0 Å². The van der Waals surface area contributed by atoms with E-state index in [-0.39, 0.29) is 17.9 Å². The summed E-state index contributed by atoms with van der Waals surface area (Å²) in [5.41, 5.74) is -0.526. The summed E-state index contributed by atoms with van der Waals surface area (Å²) in [6.07, 6.45) is 3.48. The number of imide groups is 1. The monoisotopic (exact) mass is 363 g/mol. The molecule has 3 rings (SSSR count). The fourth-order valence-electron chi connectivity index (χ4n) is 4.61. The molecule has 3 saturated heterocycles. The van der Waals surface area contributed by atoms with Gasteiger partial charge in [0, 0.05) is 38.6 Å². The summed E-state index contributed by atoms with van der Waals surface area (Å²) < 4.78 is 5.09. The fourth-order valence-corrected chi connectivity index (χ4v) is 4.61. The minimum Gasteiger partial charge on any atom is -0.416 e. The molecule has 7 heteroatoms. The molecule has 0 aromatic carbocycles. The molecule has 0 aliphatic carbocycles. The second kappa shape index (κ2) is 7.39. The van der Waals surface area contributed by atoms with Gasteiger partial charge >= 0.3 is 6.09 Å². The molecule has 144 valence electrons. The van der Waals surface area contributed by atoms with Crippen LogP contribution in [-0.2, 0) is 14.3 Å². The Morgan fingerprint density at radius 2 is 1.96 bits per heavy atom. The molecule has 0 saturated carbocycles. The van der Waals surface area contributed by atoms with Gasteiger partial charge in [0.15, 0.2) is 0 Å². The Balaban J connectivity index is 1.60. The van der Waals surface area contributed by atoms with Gasteiger partial charge in [-0.05, 0) is 46.1 Å². The van der Waals surface area contributed by atoms with Gasteiger partial charge in [-0.1, -0.05) is 6.58 Å². The highest BCUT2D eigenvalue weighted by molar-refractivity contribution is 6.06. The van der Waals surface area contributed by atoms with Crippen LogP contribution in [0.4, 0.5) is 4.79 Å². The first-order chi connectivity index (χ1) is 12.4. The molecule has 3 aliphatic rings. The molecular formula is C19H29N3O4. The number of allylic oxidation sites excluding steroid dienone is 1. The van der Waals surface area contributed by atoms with E-state index < -0.39 is 5.41 Å². The SMILES string of the molecule is C=C(C)OC(=O)N1CCC(N2CCCC3(CC(=O)N(CC)C3=O)C2)CC1. The summed E-state index contributed by atoms with van der Waals surface area (Å²) >= 11 is 0. The van der Waals surface area contributed by atoms with E-state index >= 15 is 0 Å². The molecule has 3 aliphatic heterocycles. The summed E-state index contributed by atoms with van der Waals surface area (Å²) in [4.78, 5) is 42.5. The summed E-state index contributed by atoms with van der Waals surface area (Å²) in [6, 6.07) is 0.347. The van der Waals surface area contributed by atoms with E-state index in [1.54, 1.807) is 11.8 Å². The highest BCUT2D eigenvalue weighted by Gasteiger charge is 2.53. The molecule has 26 heavy (non-hydrogen) atoms. The number of ether oxygens (including phenoxy) is 1. The lowest BCUT2D eigenvalue weighted by Gasteiger charge is -2.44. The van der Waals surface area contributed by atoms with Crippen molar-refractivity contribution in [1.29, 1.82) is 0 Å². The van der Waals surface area contributed by atoms with Gasteiger partial charge in [0.1, 0.15) is 0 Å². The predicted molar refractivity (Wildman–Crippen MR) is 96.1 cm³/mol. The summed E-state index contributed by atoms with van der Waals surface area (Å²) in [6.45, 7) is 10.5. The van der Waals surface area contributed by atoms with Crippen molar-refractivity contribution in [3.05, 3.63) is 12.3 Å². The zero-order valence-corrected chi connectivity index (χ0v) is 15.8. The van der Waals surface area contributed by atoms with Crippen LogP contribution < -0.4 is 0 Å². The number of amides is 3. The molecular weight excluding hydrogens is 334 g/mol. The lowest BCUT2D eigenvalue weighted by Crippen LogP contribution is -2.54. The lowest BCUT2D eigenvalue weighted by molar-refractivity contribution is -0.143. The van der Waals surface area contributed by atoms with E-state index in [0.29, 0.717) is 44.4 Å². The summed E-state index contributed by atoms with van der Waals surface area (Å²) in [5.74, 6) is 0.383. The number of piperidine rings is 2. The van der Waals surface area contributed by atoms with Gasteiger partial charge in [-0.3, -0.25) is 19.4 Å².